The van der Waals surface area contributed by atoms with E-state index >= 15 is 0 Å². The molecular formula is C15H14ClNO4S. The minimum absolute atomic E-state index is 0.112. The van der Waals surface area contributed by atoms with E-state index in [1.54, 1.807) is 31.2 Å². The molecule has 0 atom stereocenters. The van der Waals surface area contributed by atoms with Crippen LogP contribution in [0.1, 0.15) is 17.3 Å². The Hall–Kier alpha value is -1.79. The molecule has 1 amide bonds. The van der Waals surface area contributed by atoms with Crippen LogP contribution < -0.4 is 0 Å². The largest absolute Gasteiger partial charge is 0.463 e. The predicted molar refractivity (Wildman–Crippen MR) is 84.7 cm³/mol. The highest BCUT2D eigenvalue weighted by Gasteiger charge is 2.29. The van der Waals surface area contributed by atoms with Gasteiger partial charge in [-0.15, -0.1) is 0 Å². The molecule has 0 saturated carbocycles. The number of halogens is 1. The highest BCUT2D eigenvalue weighted by Crippen LogP contribution is 2.29. The summed E-state index contributed by atoms with van der Waals surface area (Å²) in [6.45, 7) is 1.84. The Bertz CT molecular complexity index is 627. The Morgan fingerprint density at radius 3 is 2.68 bits per heavy atom. The highest BCUT2D eigenvalue weighted by molar-refractivity contribution is 8.04. The number of benzene rings is 1. The van der Waals surface area contributed by atoms with Gasteiger partial charge in [0.2, 0.25) is 5.91 Å². The molecule has 1 aromatic carbocycles. The first kappa shape index (κ1) is 16.6. The lowest BCUT2D eigenvalue weighted by atomic mass is 10.1. The van der Waals surface area contributed by atoms with Gasteiger partial charge in [-0.3, -0.25) is 14.5 Å². The molecule has 1 heterocycles. The number of thioether (sulfide) groups is 1. The SMILES string of the molecule is CCOC(=O)/C=C1\SCC(=O)N1CC(=O)c1ccc(Cl)cc1. The third-order valence-corrected chi connectivity index (χ3v) is 4.18. The molecule has 5 nitrogen and oxygen atoms in total. The lowest BCUT2D eigenvalue weighted by Crippen LogP contribution is -2.31. The van der Waals surface area contributed by atoms with Crippen molar-refractivity contribution >= 4 is 41.0 Å². The van der Waals surface area contributed by atoms with Crippen LogP contribution in [0.5, 0.6) is 0 Å². The molecular weight excluding hydrogens is 326 g/mol. The molecule has 0 spiro atoms. The van der Waals surface area contributed by atoms with Crippen LogP contribution in [0.3, 0.4) is 0 Å². The quantitative estimate of drug-likeness (QED) is 0.468. The van der Waals surface area contributed by atoms with Crippen LogP contribution in [0.15, 0.2) is 35.4 Å². The van der Waals surface area contributed by atoms with Crippen molar-refractivity contribution in [1.82, 2.24) is 4.90 Å². The van der Waals surface area contributed by atoms with Gasteiger partial charge in [-0.25, -0.2) is 4.79 Å². The zero-order valence-electron chi connectivity index (χ0n) is 11.9. The summed E-state index contributed by atoms with van der Waals surface area (Å²) in [7, 11) is 0. The molecule has 0 unspecified atom stereocenters. The normalized spacial score (nSPS) is 16.2. The lowest BCUT2D eigenvalue weighted by Gasteiger charge is -2.16. The average Bonchev–Trinajstić information content (AvgIpc) is 2.81. The molecule has 1 saturated heterocycles. The van der Waals surface area contributed by atoms with Crippen LogP contribution in [0.2, 0.25) is 5.02 Å². The maximum atomic E-state index is 12.2. The molecule has 0 bridgehead atoms. The van der Waals surface area contributed by atoms with Gasteiger partial charge < -0.3 is 4.74 Å². The van der Waals surface area contributed by atoms with E-state index < -0.39 is 5.97 Å². The van der Waals surface area contributed by atoms with Crippen molar-refractivity contribution in [1.29, 1.82) is 0 Å². The molecule has 1 aliphatic heterocycles. The Kier molecular flexibility index (Phi) is 5.63. The lowest BCUT2D eigenvalue weighted by molar-refractivity contribution is -0.137. The van der Waals surface area contributed by atoms with Gasteiger partial charge in [0, 0.05) is 10.6 Å². The first-order valence-corrected chi connectivity index (χ1v) is 7.98. The number of carbonyl (C=O) groups is 3. The van der Waals surface area contributed by atoms with Crippen molar-refractivity contribution < 1.29 is 19.1 Å². The number of hydrogen-bond donors (Lipinski definition) is 0. The van der Waals surface area contributed by atoms with Crippen LogP contribution in [0.4, 0.5) is 0 Å². The second-order valence-corrected chi connectivity index (χ2v) is 5.87. The summed E-state index contributed by atoms with van der Waals surface area (Å²) in [4.78, 5) is 36.9. The Morgan fingerprint density at radius 1 is 1.36 bits per heavy atom. The zero-order chi connectivity index (χ0) is 16.1. The summed E-state index contributed by atoms with van der Waals surface area (Å²) < 4.78 is 4.82. The van der Waals surface area contributed by atoms with Gasteiger partial charge in [0.05, 0.1) is 30.0 Å². The van der Waals surface area contributed by atoms with E-state index in [0.717, 1.165) is 0 Å². The number of ketones is 1. The monoisotopic (exact) mass is 339 g/mol. The Morgan fingerprint density at radius 2 is 2.05 bits per heavy atom. The second-order valence-electron chi connectivity index (χ2n) is 4.43. The third-order valence-electron chi connectivity index (χ3n) is 2.91. The predicted octanol–water partition coefficient (Wildman–Crippen LogP) is 2.50. The number of nitrogens with zero attached hydrogens (tertiary/aromatic N) is 1. The van der Waals surface area contributed by atoms with Gasteiger partial charge >= 0.3 is 5.97 Å². The van der Waals surface area contributed by atoms with Crippen LogP contribution in [-0.4, -0.2) is 41.5 Å². The summed E-state index contributed by atoms with van der Waals surface area (Å²) in [5.41, 5.74) is 0.463. The van der Waals surface area contributed by atoms with Crippen molar-refractivity contribution in [2.45, 2.75) is 6.92 Å². The van der Waals surface area contributed by atoms with Gasteiger partial charge in [0.15, 0.2) is 5.78 Å². The minimum atomic E-state index is -0.524. The van der Waals surface area contributed by atoms with Crippen molar-refractivity contribution in [3.05, 3.63) is 46.0 Å². The van der Waals surface area contributed by atoms with Crippen LogP contribution in [0.25, 0.3) is 0 Å². The second kappa shape index (κ2) is 7.47. The maximum absolute atomic E-state index is 12.2. The van der Waals surface area contributed by atoms with Crippen LogP contribution >= 0.6 is 23.4 Å². The molecule has 1 aromatic rings. The van der Waals surface area contributed by atoms with E-state index in [1.165, 1.54) is 22.7 Å². The van der Waals surface area contributed by atoms with Crippen molar-refractivity contribution in [2.75, 3.05) is 18.9 Å². The van der Waals surface area contributed by atoms with Gasteiger partial charge in [-0.1, -0.05) is 23.4 Å². The standard InChI is InChI=1S/C15H14ClNO4S/c1-2-21-15(20)7-14-17(13(19)9-22-14)8-12(18)10-3-5-11(16)6-4-10/h3-7H,2,8-9H2,1H3/b14-7-. The fourth-order valence-electron chi connectivity index (χ4n) is 1.86. The number of esters is 1. The highest BCUT2D eigenvalue weighted by atomic mass is 35.5. The Balaban J connectivity index is 2.11. The summed E-state index contributed by atoms with van der Waals surface area (Å²) in [6.07, 6.45) is 1.24. The first-order chi connectivity index (χ1) is 10.5. The molecule has 0 aliphatic carbocycles. The fraction of sp³-hybridized carbons (Fsp3) is 0.267. The molecule has 1 fully saturated rings. The summed E-state index contributed by atoms with van der Waals surface area (Å²) in [5.74, 6) is -0.743. The van der Waals surface area contributed by atoms with E-state index in [1.807, 2.05) is 0 Å². The van der Waals surface area contributed by atoms with Crippen molar-refractivity contribution in [3.8, 4) is 0 Å². The fourth-order valence-corrected chi connectivity index (χ4v) is 2.91. The van der Waals surface area contributed by atoms with Gasteiger partial charge in [-0.05, 0) is 31.2 Å². The van der Waals surface area contributed by atoms with Crippen LogP contribution in [-0.2, 0) is 14.3 Å². The van der Waals surface area contributed by atoms with Gasteiger partial charge in [0.25, 0.3) is 0 Å². The number of rotatable bonds is 5. The molecule has 1 aliphatic rings. The Labute approximate surface area is 137 Å². The third kappa shape index (κ3) is 4.11. The molecule has 0 aromatic heterocycles. The maximum Gasteiger partial charge on any atom is 0.333 e. The van der Waals surface area contributed by atoms with E-state index in [2.05, 4.69) is 0 Å². The topological polar surface area (TPSA) is 63.7 Å². The molecule has 0 N–H and O–H groups in total. The zero-order valence-corrected chi connectivity index (χ0v) is 13.4. The van der Waals surface area contributed by atoms with Crippen LogP contribution in [0, 0.1) is 0 Å². The summed E-state index contributed by atoms with van der Waals surface area (Å²) in [6, 6.07) is 6.44. The number of hydrogen-bond acceptors (Lipinski definition) is 5. The van der Waals surface area contributed by atoms with E-state index in [9.17, 15) is 14.4 Å². The summed E-state index contributed by atoms with van der Waals surface area (Å²) >= 11 is 7.00. The smallest absolute Gasteiger partial charge is 0.333 e. The van der Waals surface area contributed by atoms with E-state index in [-0.39, 0.29) is 30.6 Å². The first-order valence-electron chi connectivity index (χ1n) is 6.61. The van der Waals surface area contributed by atoms with E-state index in [4.69, 9.17) is 16.3 Å². The molecule has 2 rings (SSSR count). The average molecular weight is 340 g/mol. The molecule has 7 heteroatoms. The summed E-state index contributed by atoms with van der Waals surface area (Å²) in [5, 5.41) is 0.970. The molecule has 116 valence electrons. The number of Topliss-reactive ketones (excluding diaryl/α,β-unsaturated/α-hetero) is 1. The van der Waals surface area contributed by atoms with Crippen molar-refractivity contribution in [2.24, 2.45) is 0 Å². The van der Waals surface area contributed by atoms with Gasteiger partial charge in [-0.2, -0.15) is 0 Å². The number of ether oxygens (including phenoxy) is 1. The molecule has 22 heavy (non-hydrogen) atoms. The molecule has 0 radical (unpaired) electrons. The minimum Gasteiger partial charge on any atom is -0.463 e. The van der Waals surface area contributed by atoms with Gasteiger partial charge in [0.1, 0.15) is 0 Å². The van der Waals surface area contributed by atoms with Crippen molar-refractivity contribution in [3.63, 3.8) is 0 Å². The van der Waals surface area contributed by atoms with E-state index in [0.29, 0.717) is 15.6 Å². The number of amides is 1. The number of carbonyl (C=O) groups excluding carboxylic acids is 3.